The number of aliphatic imine (C=N–C) groups is 1. The van der Waals surface area contributed by atoms with Crippen molar-refractivity contribution in [3.8, 4) is 11.5 Å². The van der Waals surface area contributed by atoms with E-state index in [1.807, 2.05) is 29.3 Å². The summed E-state index contributed by atoms with van der Waals surface area (Å²) in [5.41, 5.74) is 2.79. The highest BCUT2D eigenvalue weighted by molar-refractivity contribution is 5.97. The summed E-state index contributed by atoms with van der Waals surface area (Å²) in [6.45, 7) is 1.37. The third-order valence-corrected chi connectivity index (χ3v) is 6.14. The fourth-order valence-electron chi connectivity index (χ4n) is 4.31. The third-order valence-electron chi connectivity index (χ3n) is 6.14. The largest absolute Gasteiger partial charge is 0.497 e. The van der Waals surface area contributed by atoms with Gasteiger partial charge in [0.15, 0.2) is 0 Å². The molecule has 1 aliphatic rings. The number of hydrogen-bond acceptors (Lipinski definition) is 5. The Morgan fingerprint density at radius 1 is 1.03 bits per heavy atom. The van der Waals surface area contributed by atoms with Crippen LogP contribution in [0.25, 0.3) is 0 Å². The van der Waals surface area contributed by atoms with Crippen molar-refractivity contribution in [3.05, 3.63) is 89.7 Å². The van der Waals surface area contributed by atoms with E-state index in [9.17, 15) is 4.79 Å². The molecule has 1 unspecified atom stereocenters. The molecular weight excluding hydrogens is 414 g/mol. The molecule has 2 heterocycles. The van der Waals surface area contributed by atoms with Crippen LogP contribution in [0.15, 0.2) is 78.0 Å². The summed E-state index contributed by atoms with van der Waals surface area (Å²) in [4.78, 5) is 24.2. The predicted octanol–water partition coefficient (Wildman–Crippen LogP) is 4.81. The molecule has 6 nitrogen and oxygen atoms in total. The maximum absolute atomic E-state index is 13.2. The summed E-state index contributed by atoms with van der Waals surface area (Å²) in [7, 11) is 3.17. The third kappa shape index (κ3) is 5.40. The lowest BCUT2D eigenvalue weighted by atomic mass is 9.85. The minimum absolute atomic E-state index is 0.00972. The van der Waals surface area contributed by atoms with Gasteiger partial charge in [0.1, 0.15) is 11.5 Å². The Labute approximate surface area is 194 Å². The Morgan fingerprint density at radius 3 is 2.42 bits per heavy atom. The number of likely N-dealkylation sites (tertiary alicyclic amines) is 1. The van der Waals surface area contributed by atoms with E-state index in [0.717, 1.165) is 18.4 Å². The lowest BCUT2D eigenvalue weighted by molar-refractivity contribution is 0.0675. The lowest BCUT2D eigenvalue weighted by Gasteiger charge is -2.35. The van der Waals surface area contributed by atoms with Gasteiger partial charge in [-0.1, -0.05) is 30.3 Å². The van der Waals surface area contributed by atoms with E-state index in [-0.39, 0.29) is 11.9 Å². The number of hydrogen-bond donors (Lipinski definition) is 0. The number of pyridine rings is 1. The van der Waals surface area contributed by atoms with Crippen LogP contribution >= 0.6 is 0 Å². The number of aromatic nitrogens is 1. The zero-order valence-electron chi connectivity index (χ0n) is 19.1. The number of ether oxygens (including phenoxy) is 2. The normalized spacial score (nSPS) is 15.4. The molecule has 0 radical (unpaired) electrons. The topological polar surface area (TPSA) is 64.0 Å². The van der Waals surface area contributed by atoms with Gasteiger partial charge in [-0.05, 0) is 54.2 Å². The first-order valence-corrected chi connectivity index (χ1v) is 11.2. The van der Waals surface area contributed by atoms with Gasteiger partial charge in [0, 0.05) is 37.8 Å². The van der Waals surface area contributed by atoms with Crippen LogP contribution in [0.5, 0.6) is 11.5 Å². The molecule has 1 saturated heterocycles. The van der Waals surface area contributed by atoms with Gasteiger partial charge >= 0.3 is 0 Å². The van der Waals surface area contributed by atoms with Gasteiger partial charge in [0.2, 0.25) is 0 Å². The molecule has 0 aliphatic carbocycles. The SMILES string of the molecule is COc1ccc(C(=O)N2CCC(C(N=Cc3ccncc3)c3ccccc3)CC2)c(OC)c1. The Morgan fingerprint density at radius 2 is 1.76 bits per heavy atom. The molecule has 0 N–H and O–H groups in total. The van der Waals surface area contributed by atoms with Gasteiger partial charge in [-0.2, -0.15) is 0 Å². The fraction of sp³-hybridized carbons (Fsp3) is 0.296. The van der Waals surface area contributed by atoms with Gasteiger partial charge in [0.25, 0.3) is 5.91 Å². The maximum atomic E-state index is 13.2. The van der Waals surface area contributed by atoms with Crippen molar-refractivity contribution in [1.29, 1.82) is 0 Å². The van der Waals surface area contributed by atoms with Crippen LogP contribution in [0.1, 0.15) is 40.4 Å². The van der Waals surface area contributed by atoms with Crippen LogP contribution in [0, 0.1) is 5.92 Å². The highest BCUT2D eigenvalue weighted by Crippen LogP contribution is 2.35. The van der Waals surface area contributed by atoms with Gasteiger partial charge < -0.3 is 14.4 Å². The van der Waals surface area contributed by atoms with Crippen molar-refractivity contribution in [1.82, 2.24) is 9.88 Å². The summed E-state index contributed by atoms with van der Waals surface area (Å²) in [5.74, 6) is 1.54. The summed E-state index contributed by atoms with van der Waals surface area (Å²) in [6.07, 6.45) is 7.25. The lowest BCUT2D eigenvalue weighted by Crippen LogP contribution is -2.39. The minimum Gasteiger partial charge on any atom is -0.497 e. The van der Waals surface area contributed by atoms with Crippen molar-refractivity contribution in [3.63, 3.8) is 0 Å². The average Bonchev–Trinajstić information content (AvgIpc) is 2.89. The number of amides is 1. The van der Waals surface area contributed by atoms with E-state index in [1.54, 1.807) is 44.8 Å². The molecule has 0 spiro atoms. The molecule has 1 atom stereocenters. The van der Waals surface area contributed by atoms with Crippen molar-refractivity contribution >= 4 is 12.1 Å². The zero-order chi connectivity index (χ0) is 23.0. The molecule has 1 amide bonds. The summed E-state index contributed by atoms with van der Waals surface area (Å²) in [6, 6.07) is 19.7. The molecule has 33 heavy (non-hydrogen) atoms. The highest BCUT2D eigenvalue weighted by Gasteiger charge is 2.30. The van der Waals surface area contributed by atoms with Crippen LogP contribution in [-0.4, -0.2) is 49.3 Å². The van der Waals surface area contributed by atoms with E-state index in [0.29, 0.717) is 36.1 Å². The van der Waals surface area contributed by atoms with E-state index in [1.165, 1.54) is 5.56 Å². The monoisotopic (exact) mass is 443 g/mol. The summed E-state index contributed by atoms with van der Waals surface area (Å²) >= 11 is 0. The summed E-state index contributed by atoms with van der Waals surface area (Å²) in [5, 5.41) is 0. The second-order valence-electron chi connectivity index (χ2n) is 8.11. The molecule has 0 bridgehead atoms. The van der Waals surface area contributed by atoms with Crippen molar-refractivity contribution in [2.75, 3.05) is 27.3 Å². The molecule has 6 heteroatoms. The smallest absolute Gasteiger partial charge is 0.257 e. The number of rotatable bonds is 7. The molecular formula is C27H29N3O3. The van der Waals surface area contributed by atoms with E-state index in [4.69, 9.17) is 14.5 Å². The molecule has 2 aromatic carbocycles. The standard InChI is InChI=1S/C27H29N3O3/c1-32-23-8-9-24(25(18-23)33-2)27(31)30-16-12-22(13-17-30)26(21-6-4-3-5-7-21)29-19-20-10-14-28-15-11-20/h3-11,14-15,18-19,22,26H,12-13,16-17H2,1-2H3. The number of carbonyl (C=O) groups excluding carboxylic acids is 1. The second-order valence-corrected chi connectivity index (χ2v) is 8.11. The Hall–Kier alpha value is -3.67. The van der Waals surface area contributed by atoms with Crippen molar-refractivity contribution < 1.29 is 14.3 Å². The fourth-order valence-corrected chi connectivity index (χ4v) is 4.31. The molecule has 1 fully saturated rings. The second kappa shape index (κ2) is 10.8. The predicted molar refractivity (Wildman–Crippen MR) is 129 cm³/mol. The van der Waals surface area contributed by atoms with E-state index >= 15 is 0 Å². The quantitative estimate of drug-likeness (QED) is 0.492. The van der Waals surface area contributed by atoms with E-state index in [2.05, 4.69) is 29.2 Å². The maximum Gasteiger partial charge on any atom is 0.257 e. The van der Waals surface area contributed by atoms with Gasteiger partial charge in [-0.15, -0.1) is 0 Å². The minimum atomic E-state index is -0.00972. The van der Waals surface area contributed by atoms with Crippen molar-refractivity contribution in [2.24, 2.45) is 10.9 Å². The zero-order valence-corrected chi connectivity index (χ0v) is 19.1. The van der Waals surface area contributed by atoms with Gasteiger partial charge in [-0.3, -0.25) is 14.8 Å². The first-order valence-electron chi connectivity index (χ1n) is 11.2. The highest BCUT2D eigenvalue weighted by atomic mass is 16.5. The Kier molecular flexibility index (Phi) is 7.35. The van der Waals surface area contributed by atoms with Crippen LogP contribution in [0.4, 0.5) is 0 Å². The molecule has 3 aromatic rings. The van der Waals surface area contributed by atoms with Gasteiger partial charge in [0.05, 0.1) is 25.8 Å². The number of carbonyl (C=O) groups is 1. The molecule has 1 aliphatic heterocycles. The Balaban J connectivity index is 1.48. The number of piperidine rings is 1. The van der Waals surface area contributed by atoms with Crippen LogP contribution in [-0.2, 0) is 0 Å². The first-order chi connectivity index (χ1) is 16.2. The number of methoxy groups -OCH3 is 2. The molecule has 4 rings (SSSR count). The van der Waals surface area contributed by atoms with Crippen LogP contribution < -0.4 is 9.47 Å². The molecule has 170 valence electrons. The average molecular weight is 444 g/mol. The Bertz CT molecular complexity index is 1080. The van der Waals surface area contributed by atoms with Gasteiger partial charge in [-0.25, -0.2) is 0 Å². The molecule has 0 saturated carbocycles. The van der Waals surface area contributed by atoms with Crippen molar-refractivity contribution in [2.45, 2.75) is 18.9 Å². The molecule has 1 aromatic heterocycles. The number of nitrogens with zero attached hydrogens (tertiary/aromatic N) is 3. The van der Waals surface area contributed by atoms with Crippen LogP contribution in [0.3, 0.4) is 0 Å². The number of benzene rings is 2. The van der Waals surface area contributed by atoms with Crippen LogP contribution in [0.2, 0.25) is 0 Å². The summed E-state index contributed by atoms with van der Waals surface area (Å²) < 4.78 is 10.7. The van der Waals surface area contributed by atoms with E-state index < -0.39 is 0 Å². The first kappa shape index (κ1) is 22.5.